The Morgan fingerprint density at radius 3 is 2.50 bits per heavy atom. The number of alkyl halides is 2. The number of halogens is 2. The minimum atomic E-state index is -0.738. The van der Waals surface area contributed by atoms with Crippen LogP contribution in [0, 0.1) is 0 Å². The molecule has 0 bridgehead atoms. The van der Waals surface area contributed by atoms with Crippen molar-refractivity contribution in [2.24, 2.45) is 0 Å². The van der Waals surface area contributed by atoms with Crippen LogP contribution in [0.4, 0.5) is 0 Å². The van der Waals surface area contributed by atoms with Gasteiger partial charge in [-0.2, -0.15) is 0 Å². The molecule has 1 rings (SSSR count). The molecule has 1 aromatic heterocycles. The summed E-state index contributed by atoms with van der Waals surface area (Å²) in [4.78, 5) is 0.348. The minimum absolute atomic E-state index is 0.738. The summed E-state index contributed by atoms with van der Waals surface area (Å²) in [6.45, 7) is 0. The zero-order chi connectivity index (χ0) is 5.98. The number of hydrogen-bond donors (Lipinski definition) is 0. The van der Waals surface area contributed by atoms with E-state index in [0.717, 1.165) is 4.80 Å². The Kier molecular flexibility index (Phi) is 1.65. The molecule has 0 aliphatic rings. The third-order valence-electron chi connectivity index (χ3n) is 0.539. The predicted octanol–water partition coefficient (Wildman–Crippen LogP) is 0.607. The third-order valence-corrected chi connectivity index (χ3v) is 0.889. The van der Waals surface area contributed by atoms with E-state index in [9.17, 15) is 0 Å². The maximum Gasteiger partial charge on any atom is 0.219 e. The van der Waals surface area contributed by atoms with Gasteiger partial charge in [0, 0.05) is 0 Å². The fourth-order valence-electron chi connectivity index (χ4n) is 0.265. The number of tetrazole rings is 1. The van der Waals surface area contributed by atoms with Gasteiger partial charge in [0.25, 0.3) is 0 Å². The molecule has 4 nitrogen and oxygen atoms in total. The first-order chi connectivity index (χ1) is 3.80. The van der Waals surface area contributed by atoms with Crippen LogP contribution in [0.15, 0.2) is 6.33 Å². The minimum Gasteiger partial charge on any atom is -0.137 e. The number of aromatic nitrogens is 4. The highest BCUT2D eigenvalue weighted by molar-refractivity contribution is 6.41. The molecule has 0 aromatic carbocycles. The standard InChI is InChI=1S/C2H2Cl2N4/c3-2(4)8-6-1-5-7-8/h1-2H. The molecule has 1 heterocycles. The molecule has 0 aliphatic heterocycles. The van der Waals surface area contributed by atoms with Gasteiger partial charge in [0.1, 0.15) is 0 Å². The molecule has 0 spiro atoms. The zero-order valence-electron chi connectivity index (χ0n) is 3.70. The Labute approximate surface area is 55.4 Å². The van der Waals surface area contributed by atoms with Crippen molar-refractivity contribution in [3.63, 3.8) is 0 Å². The number of rotatable bonds is 1. The largest absolute Gasteiger partial charge is 0.219 e. The van der Waals surface area contributed by atoms with E-state index in [-0.39, 0.29) is 0 Å². The van der Waals surface area contributed by atoms with Crippen LogP contribution in [0.25, 0.3) is 0 Å². The van der Waals surface area contributed by atoms with Crippen molar-refractivity contribution in [1.29, 1.82) is 0 Å². The molecule has 1 aromatic rings. The molecular formula is C2H2Cl2N4. The van der Waals surface area contributed by atoms with Crippen molar-refractivity contribution < 1.29 is 0 Å². The Bertz CT molecular complexity index is 147. The molecule has 8 heavy (non-hydrogen) atoms. The molecule has 0 radical (unpaired) electrons. The van der Waals surface area contributed by atoms with Crippen molar-refractivity contribution in [3.05, 3.63) is 6.33 Å². The first-order valence-electron chi connectivity index (χ1n) is 1.81. The lowest BCUT2D eigenvalue weighted by molar-refractivity contribution is 0.596. The predicted molar refractivity (Wildman–Crippen MR) is 28.6 cm³/mol. The second-order valence-corrected chi connectivity index (χ2v) is 2.08. The Morgan fingerprint density at radius 2 is 2.25 bits per heavy atom. The summed E-state index contributed by atoms with van der Waals surface area (Å²) in [6.07, 6.45) is 1.26. The lowest BCUT2D eigenvalue weighted by Gasteiger charge is -1.92. The first-order valence-corrected chi connectivity index (χ1v) is 2.68. The average molecular weight is 153 g/mol. The first kappa shape index (κ1) is 5.78. The van der Waals surface area contributed by atoms with Crippen LogP contribution in [0.5, 0.6) is 0 Å². The molecule has 0 unspecified atom stereocenters. The van der Waals surface area contributed by atoms with Crippen LogP contribution >= 0.6 is 23.2 Å². The van der Waals surface area contributed by atoms with Crippen molar-refractivity contribution in [2.75, 3.05) is 0 Å². The van der Waals surface area contributed by atoms with Gasteiger partial charge in [0.15, 0.2) is 6.33 Å². The lowest BCUT2D eigenvalue weighted by atomic mass is 11.4. The monoisotopic (exact) mass is 152 g/mol. The fraction of sp³-hybridized carbons (Fsp3) is 0.500. The molecule has 0 saturated carbocycles. The molecule has 0 fully saturated rings. The summed E-state index contributed by atoms with van der Waals surface area (Å²) < 4.78 is 0. The van der Waals surface area contributed by atoms with E-state index in [1.807, 2.05) is 0 Å². The molecule has 6 heteroatoms. The van der Waals surface area contributed by atoms with Gasteiger partial charge in [-0.15, -0.1) is 15.0 Å². The van der Waals surface area contributed by atoms with E-state index in [2.05, 4.69) is 15.4 Å². The molecule has 0 aliphatic carbocycles. The van der Waals surface area contributed by atoms with Crippen molar-refractivity contribution >= 4 is 23.2 Å². The van der Waals surface area contributed by atoms with Crippen LogP contribution in [0.2, 0.25) is 0 Å². The Hall–Kier alpha value is -0.350. The maximum absolute atomic E-state index is 5.31. The maximum atomic E-state index is 5.31. The lowest BCUT2D eigenvalue weighted by Crippen LogP contribution is -1.99. The van der Waals surface area contributed by atoms with E-state index in [4.69, 9.17) is 23.2 Å². The second kappa shape index (κ2) is 2.28. The number of nitrogens with zero attached hydrogens (tertiary/aromatic N) is 4. The van der Waals surface area contributed by atoms with Gasteiger partial charge < -0.3 is 0 Å². The normalized spacial score (nSPS) is 10.4. The summed E-state index contributed by atoms with van der Waals surface area (Å²) in [7, 11) is 0. The molecule has 0 N–H and O–H groups in total. The van der Waals surface area contributed by atoms with Gasteiger partial charge in [-0.25, -0.2) is 0 Å². The topological polar surface area (TPSA) is 43.6 Å². The van der Waals surface area contributed by atoms with E-state index < -0.39 is 4.96 Å². The smallest absolute Gasteiger partial charge is 0.137 e. The van der Waals surface area contributed by atoms with Crippen LogP contribution in [0.3, 0.4) is 0 Å². The second-order valence-electron chi connectivity index (χ2n) is 1.03. The highest BCUT2D eigenvalue weighted by Gasteiger charge is 2.00. The van der Waals surface area contributed by atoms with E-state index in [0.29, 0.717) is 0 Å². The van der Waals surface area contributed by atoms with Crippen molar-refractivity contribution in [1.82, 2.24) is 20.2 Å². The van der Waals surface area contributed by atoms with E-state index >= 15 is 0 Å². The summed E-state index contributed by atoms with van der Waals surface area (Å²) in [5.41, 5.74) is 0. The summed E-state index contributed by atoms with van der Waals surface area (Å²) in [6, 6.07) is 0. The van der Waals surface area contributed by atoms with Crippen molar-refractivity contribution in [2.45, 2.75) is 4.96 Å². The molecule has 0 saturated heterocycles. The number of hydrogen-bond acceptors (Lipinski definition) is 3. The van der Waals surface area contributed by atoms with E-state index in [1.54, 1.807) is 0 Å². The van der Waals surface area contributed by atoms with Crippen molar-refractivity contribution in [3.8, 4) is 0 Å². The molecule has 0 atom stereocenters. The highest BCUT2D eigenvalue weighted by atomic mass is 35.5. The quantitative estimate of drug-likeness (QED) is 0.555. The van der Waals surface area contributed by atoms with Crippen LogP contribution < -0.4 is 0 Å². The highest BCUT2D eigenvalue weighted by Crippen LogP contribution is 2.11. The van der Waals surface area contributed by atoms with Gasteiger partial charge >= 0.3 is 0 Å². The van der Waals surface area contributed by atoms with Gasteiger partial charge in [-0.3, -0.25) is 0 Å². The summed E-state index contributed by atoms with van der Waals surface area (Å²) >= 11 is 10.6. The summed E-state index contributed by atoms with van der Waals surface area (Å²) in [5, 5.41) is 10.3. The Morgan fingerprint density at radius 1 is 1.50 bits per heavy atom. The van der Waals surface area contributed by atoms with E-state index in [1.165, 1.54) is 6.33 Å². The fourth-order valence-corrected chi connectivity index (χ4v) is 0.443. The zero-order valence-corrected chi connectivity index (χ0v) is 5.21. The van der Waals surface area contributed by atoms with Crippen LogP contribution in [-0.4, -0.2) is 20.2 Å². The van der Waals surface area contributed by atoms with Gasteiger partial charge in [0.05, 0.1) is 0 Å². The Balaban J connectivity index is 2.77. The van der Waals surface area contributed by atoms with Gasteiger partial charge in [-0.05, 0) is 5.21 Å². The molecular weight excluding hydrogens is 151 g/mol. The molecule has 44 valence electrons. The summed E-state index contributed by atoms with van der Waals surface area (Å²) in [5.74, 6) is 0. The van der Waals surface area contributed by atoms with Gasteiger partial charge in [0.2, 0.25) is 4.96 Å². The molecule has 0 amide bonds. The van der Waals surface area contributed by atoms with Crippen LogP contribution in [0.1, 0.15) is 4.96 Å². The third kappa shape index (κ3) is 1.08. The average Bonchev–Trinajstić information content (AvgIpc) is 2.12. The van der Waals surface area contributed by atoms with Gasteiger partial charge in [-0.1, -0.05) is 23.2 Å². The van der Waals surface area contributed by atoms with Crippen LogP contribution in [-0.2, 0) is 0 Å². The SMILES string of the molecule is ClC(Cl)n1ncnn1.